The van der Waals surface area contributed by atoms with Crippen molar-refractivity contribution < 1.29 is 9.53 Å². The molecule has 0 saturated heterocycles. The second-order valence-corrected chi connectivity index (χ2v) is 7.20. The minimum Gasteiger partial charge on any atom is -0.496 e. The van der Waals surface area contributed by atoms with Crippen molar-refractivity contribution in [2.45, 2.75) is 45.1 Å². The van der Waals surface area contributed by atoms with Gasteiger partial charge < -0.3 is 20.3 Å². The van der Waals surface area contributed by atoms with E-state index in [1.165, 1.54) is 32.1 Å². The van der Waals surface area contributed by atoms with E-state index in [1.54, 1.807) is 14.2 Å². The Hall–Kier alpha value is -1.51. The maximum Gasteiger partial charge on any atom is 0.220 e. The molecule has 0 unspecified atom stereocenters. The molecule has 7 heteroatoms. The minimum absolute atomic E-state index is 0. The lowest BCUT2D eigenvalue weighted by Gasteiger charge is -2.23. The molecule has 6 nitrogen and oxygen atoms in total. The van der Waals surface area contributed by atoms with Crippen molar-refractivity contribution in [1.82, 2.24) is 15.5 Å². The van der Waals surface area contributed by atoms with Gasteiger partial charge >= 0.3 is 0 Å². The van der Waals surface area contributed by atoms with E-state index in [1.807, 2.05) is 36.2 Å². The van der Waals surface area contributed by atoms with Crippen molar-refractivity contribution in [1.29, 1.82) is 0 Å². The van der Waals surface area contributed by atoms with E-state index in [2.05, 4.69) is 15.6 Å². The summed E-state index contributed by atoms with van der Waals surface area (Å²) in [4.78, 5) is 18.4. The summed E-state index contributed by atoms with van der Waals surface area (Å²) in [6.07, 6.45) is 6.94. The standard InChI is InChI=1S/C21H34N4O2.HI/c1-22-21(25(2)16-18-11-7-8-12-19(18)27-3)24-14-13-23-20(26)15-17-9-5-4-6-10-17;/h7-8,11-12,17H,4-6,9-10,13-16H2,1-3H3,(H,22,24)(H,23,26);1H. The van der Waals surface area contributed by atoms with Gasteiger partial charge in [-0.2, -0.15) is 0 Å². The van der Waals surface area contributed by atoms with Gasteiger partial charge in [0.1, 0.15) is 5.75 Å². The Morgan fingerprint density at radius 2 is 1.86 bits per heavy atom. The number of ether oxygens (including phenoxy) is 1. The lowest BCUT2D eigenvalue weighted by Crippen LogP contribution is -2.42. The summed E-state index contributed by atoms with van der Waals surface area (Å²) in [5, 5.41) is 6.33. The predicted octanol–water partition coefficient (Wildman–Crippen LogP) is 3.41. The minimum atomic E-state index is 0. The number of para-hydroxylation sites is 1. The molecule has 1 aromatic rings. The molecule has 2 N–H and O–H groups in total. The molecule has 0 bridgehead atoms. The van der Waals surface area contributed by atoms with Crippen LogP contribution < -0.4 is 15.4 Å². The maximum atomic E-state index is 12.1. The average molecular weight is 502 g/mol. The predicted molar refractivity (Wildman–Crippen MR) is 125 cm³/mol. The summed E-state index contributed by atoms with van der Waals surface area (Å²) in [6, 6.07) is 7.98. The molecule has 0 spiro atoms. The molecule has 0 heterocycles. The van der Waals surface area contributed by atoms with Crippen LogP contribution in [0.4, 0.5) is 0 Å². The number of methoxy groups -OCH3 is 1. The zero-order chi connectivity index (χ0) is 19.5. The van der Waals surface area contributed by atoms with Crippen LogP contribution in [0.15, 0.2) is 29.3 Å². The van der Waals surface area contributed by atoms with Crippen molar-refractivity contribution in [2.24, 2.45) is 10.9 Å². The van der Waals surface area contributed by atoms with Gasteiger partial charge in [0.2, 0.25) is 5.91 Å². The van der Waals surface area contributed by atoms with Crippen LogP contribution in [-0.2, 0) is 11.3 Å². The number of rotatable bonds is 8. The number of carbonyl (C=O) groups is 1. The number of carbonyl (C=O) groups excluding carboxylic acids is 1. The molecule has 1 saturated carbocycles. The normalized spacial score (nSPS) is 14.8. The van der Waals surface area contributed by atoms with Gasteiger partial charge in [0.05, 0.1) is 7.11 Å². The van der Waals surface area contributed by atoms with Gasteiger partial charge in [0.25, 0.3) is 0 Å². The summed E-state index contributed by atoms with van der Waals surface area (Å²) in [7, 11) is 5.44. The van der Waals surface area contributed by atoms with Crippen LogP contribution in [0, 0.1) is 5.92 Å². The molecule has 158 valence electrons. The molecule has 1 amide bonds. The van der Waals surface area contributed by atoms with Crippen molar-refractivity contribution in [3.05, 3.63) is 29.8 Å². The average Bonchev–Trinajstić information content (AvgIpc) is 2.69. The second-order valence-electron chi connectivity index (χ2n) is 7.20. The summed E-state index contributed by atoms with van der Waals surface area (Å²) in [5.41, 5.74) is 1.10. The fraction of sp³-hybridized carbons (Fsp3) is 0.619. The van der Waals surface area contributed by atoms with E-state index < -0.39 is 0 Å². The van der Waals surface area contributed by atoms with Crippen molar-refractivity contribution in [2.75, 3.05) is 34.3 Å². The van der Waals surface area contributed by atoms with Crippen molar-refractivity contribution in [3.63, 3.8) is 0 Å². The van der Waals surface area contributed by atoms with Gasteiger partial charge in [0.15, 0.2) is 5.96 Å². The third-order valence-corrected chi connectivity index (χ3v) is 5.10. The highest BCUT2D eigenvalue weighted by atomic mass is 127. The Morgan fingerprint density at radius 1 is 1.18 bits per heavy atom. The van der Waals surface area contributed by atoms with E-state index in [0.717, 1.165) is 17.3 Å². The van der Waals surface area contributed by atoms with E-state index >= 15 is 0 Å². The number of benzene rings is 1. The monoisotopic (exact) mass is 502 g/mol. The van der Waals surface area contributed by atoms with Crippen LogP contribution >= 0.6 is 24.0 Å². The molecule has 1 aliphatic carbocycles. The number of amides is 1. The number of hydrogen-bond donors (Lipinski definition) is 2. The largest absolute Gasteiger partial charge is 0.496 e. The Labute approximate surface area is 186 Å². The van der Waals surface area contributed by atoms with Crippen LogP contribution in [0.5, 0.6) is 5.75 Å². The Balaban J connectivity index is 0.00000392. The van der Waals surface area contributed by atoms with Gasteiger partial charge in [-0.3, -0.25) is 9.79 Å². The molecule has 1 fully saturated rings. The van der Waals surface area contributed by atoms with Crippen LogP contribution in [0.3, 0.4) is 0 Å². The summed E-state index contributed by atoms with van der Waals surface area (Å²) < 4.78 is 5.41. The van der Waals surface area contributed by atoms with Gasteiger partial charge in [-0.25, -0.2) is 0 Å². The Morgan fingerprint density at radius 3 is 2.54 bits per heavy atom. The number of aliphatic imine (C=N–C) groups is 1. The van der Waals surface area contributed by atoms with Crippen LogP contribution in [0.2, 0.25) is 0 Å². The zero-order valence-corrected chi connectivity index (χ0v) is 19.7. The molecule has 0 aliphatic heterocycles. The van der Waals surface area contributed by atoms with Gasteiger partial charge in [0, 0.05) is 45.7 Å². The molecule has 1 aromatic carbocycles. The van der Waals surface area contributed by atoms with Gasteiger partial charge in [-0.05, 0) is 24.8 Å². The molecule has 0 aromatic heterocycles. The second kappa shape index (κ2) is 13.6. The third-order valence-electron chi connectivity index (χ3n) is 5.10. The van der Waals surface area contributed by atoms with Gasteiger partial charge in [-0.15, -0.1) is 24.0 Å². The first-order chi connectivity index (χ1) is 13.1. The highest BCUT2D eigenvalue weighted by molar-refractivity contribution is 14.0. The number of hydrogen-bond acceptors (Lipinski definition) is 3. The summed E-state index contributed by atoms with van der Waals surface area (Å²) >= 11 is 0. The number of guanidine groups is 1. The van der Waals surface area contributed by atoms with Crippen molar-refractivity contribution >= 4 is 35.8 Å². The van der Waals surface area contributed by atoms with E-state index in [4.69, 9.17) is 4.74 Å². The topological polar surface area (TPSA) is 66.0 Å². The lowest BCUT2D eigenvalue weighted by molar-refractivity contribution is -0.122. The number of nitrogens with zero attached hydrogens (tertiary/aromatic N) is 2. The molecule has 0 atom stereocenters. The molecule has 0 radical (unpaired) electrons. The number of nitrogens with one attached hydrogen (secondary N) is 2. The maximum absolute atomic E-state index is 12.1. The zero-order valence-electron chi connectivity index (χ0n) is 17.4. The van der Waals surface area contributed by atoms with E-state index in [0.29, 0.717) is 32.0 Å². The van der Waals surface area contributed by atoms with Crippen LogP contribution in [0.25, 0.3) is 0 Å². The number of halogens is 1. The van der Waals surface area contributed by atoms with E-state index in [9.17, 15) is 4.79 Å². The highest BCUT2D eigenvalue weighted by Crippen LogP contribution is 2.26. The molecule has 28 heavy (non-hydrogen) atoms. The smallest absolute Gasteiger partial charge is 0.220 e. The van der Waals surface area contributed by atoms with Crippen LogP contribution in [-0.4, -0.2) is 51.1 Å². The first kappa shape index (κ1) is 24.5. The van der Waals surface area contributed by atoms with E-state index in [-0.39, 0.29) is 29.9 Å². The fourth-order valence-corrected chi connectivity index (χ4v) is 3.65. The fourth-order valence-electron chi connectivity index (χ4n) is 3.65. The Bertz CT molecular complexity index is 618. The third kappa shape index (κ3) is 8.24. The molecule has 1 aliphatic rings. The lowest BCUT2D eigenvalue weighted by atomic mass is 9.87. The van der Waals surface area contributed by atoms with Gasteiger partial charge in [-0.1, -0.05) is 37.5 Å². The van der Waals surface area contributed by atoms with Crippen molar-refractivity contribution in [3.8, 4) is 5.75 Å². The SMILES string of the molecule is CN=C(NCCNC(=O)CC1CCCCC1)N(C)Cc1ccccc1OC.I. The first-order valence-corrected chi connectivity index (χ1v) is 9.94. The van der Waals surface area contributed by atoms with Crippen LogP contribution in [0.1, 0.15) is 44.1 Å². The first-order valence-electron chi connectivity index (χ1n) is 9.94. The highest BCUT2D eigenvalue weighted by Gasteiger charge is 2.16. The summed E-state index contributed by atoms with van der Waals surface area (Å²) in [6.45, 7) is 1.95. The molecule has 2 rings (SSSR count). The quantitative estimate of drug-likeness (QED) is 0.248. The Kier molecular flexibility index (Phi) is 11.9. The molecular weight excluding hydrogens is 467 g/mol. The molecular formula is C21H35IN4O2. The summed E-state index contributed by atoms with van der Waals surface area (Å²) in [5.74, 6) is 2.41.